The number of pyridine rings is 1. The second kappa shape index (κ2) is 4.78. The van der Waals surface area contributed by atoms with E-state index in [1.54, 1.807) is 0 Å². The Morgan fingerprint density at radius 1 is 1.16 bits per heavy atom. The second-order valence-corrected chi connectivity index (χ2v) is 4.59. The van der Waals surface area contributed by atoms with Gasteiger partial charge in [-0.3, -0.25) is 0 Å². The van der Waals surface area contributed by atoms with Crippen molar-refractivity contribution in [1.29, 1.82) is 0 Å². The summed E-state index contributed by atoms with van der Waals surface area (Å²) in [6.07, 6.45) is 0.594. The van der Waals surface area contributed by atoms with Crippen molar-refractivity contribution in [3.63, 3.8) is 0 Å². The highest BCUT2D eigenvalue weighted by Gasteiger charge is 2.11. The lowest BCUT2D eigenvalue weighted by Crippen LogP contribution is -2.18. The first-order valence-corrected chi connectivity index (χ1v) is 6.17. The van der Waals surface area contributed by atoms with Crippen molar-refractivity contribution in [2.24, 2.45) is 5.73 Å². The summed E-state index contributed by atoms with van der Waals surface area (Å²) in [5.74, 6) is 1.04. The Morgan fingerprint density at radius 2 is 2.00 bits per heavy atom. The molecule has 0 spiro atoms. The molecular formula is C14H14N4O. The maximum atomic E-state index is 5.71. The van der Waals surface area contributed by atoms with E-state index in [4.69, 9.17) is 10.3 Å². The Balaban J connectivity index is 1.97. The SMILES string of the molecule is CC(N)Cc1noc(-c2ccc3ccccc3n2)n1. The molecule has 1 unspecified atom stereocenters. The number of nitrogens with zero attached hydrogens (tertiary/aromatic N) is 3. The summed E-state index contributed by atoms with van der Waals surface area (Å²) < 4.78 is 5.22. The van der Waals surface area contributed by atoms with Crippen LogP contribution in [0.4, 0.5) is 0 Å². The quantitative estimate of drug-likeness (QED) is 0.775. The third-order valence-corrected chi connectivity index (χ3v) is 2.79. The highest BCUT2D eigenvalue weighted by atomic mass is 16.5. The normalized spacial score (nSPS) is 12.7. The van der Waals surface area contributed by atoms with E-state index >= 15 is 0 Å². The van der Waals surface area contributed by atoms with Gasteiger partial charge in [-0.25, -0.2) is 4.98 Å². The number of hydrogen-bond donors (Lipinski definition) is 1. The van der Waals surface area contributed by atoms with Gasteiger partial charge in [0.2, 0.25) is 0 Å². The summed E-state index contributed by atoms with van der Waals surface area (Å²) in [4.78, 5) is 8.82. The zero-order chi connectivity index (χ0) is 13.2. The van der Waals surface area contributed by atoms with Gasteiger partial charge in [0.05, 0.1) is 5.52 Å². The van der Waals surface area contributed by atoms with E-state index in [1.807, 2.05) is 43.3 Å². The van der Waals surface area contributed by atoms with E-state index in [2.05, 4.69) is 15.1 Å². The van der Waals surface area contributed by atoms with Gasteiger partial charge >= 0.3 is 0 Å². The van der Waals surface area contributed by atoms with Crippen LogP contribution in [0.1, 0.15) is 12.7 Å². The Labute approximate surface area is 110 Å². The van der Waals surface area contributed by atoms with Crippen molar-refractivity contribution in [2.45, 2.75) is 19.4 Å². The number of fused-ring (bicyclic) bond motifs is 1. The van der Waals surface area contributed by atoms with E-state index < -0.39 is 0 Å². The second-order valence-electron chi connectivity index (χ2n) is 4.59. The Morgan fingerprint density at radius 3 is 2.84 bits per heavy atom. The van der Waals surface area contributed by atoms with Gasteiger partial charge in [-0.05, 0) is 19.1 Å². The van der Waals surface area contributed by atoms with Crippen LogP contribution in [0.5, 0.6) is 0 Å². The van der Waals surface area contributed by atoms with Gasteiger partial charge in [0, 0.05) is 17.8 Å². The number of hydrogen-bond acceptors (Lipinski definition) is 5. The molecule has 0 aliphatic carbocycles. The molecular weight excluding hydrogens is 240 g/mol. The number of rotatable bonds is 3. The molecule has 96 valence electrons. The average Bonchev–Trinajstić information content (AvgIpc) is 2.86. The Bertz CT molecular complexity index is 705. The highest BCUT2D eigenvalue weighted by Crippen LogP contribution is 2.19. The van der Waals surface area contributed by atoms with Gasteiger partial charge in [0.15, 0.2) is 5.82 Å². The van der Waals surface area contributed by atoms with E-state index in [0.717, 1.165) is 10.9 Å². The standard InChI is InChI=1S/C14H14N4O/c1-9(15)8-13-17-14(19-18-13)12-7-6-10-4-2-3-5-11(10)16-12/h2-7,9H,8,15H2,1H3. The molecule has 0 saturated heterocycles. The van der Waals surface area contributed by atoms with Gasteiger partial charge in [0.1, 0.15) is 5.69 Å². The largest absolute Gasteiger partial charge is 0.332 e. The van der Waals surface area contributed by atoms with Crippen LogP contribution in [0.25, 0.3) is 22.5 Å². The monoisotopic (exact) mass is 254 g/mol. The molecule has 5 heteroatoms. The molecule has 3 rings (SSSR count). The van der Waals surface area contributed by atoms with Crippen LogP contribution >= 0.6 is 0 Å². The summed E-state index contributed by atoms with van der Waals surface area (Å²) in [6, 6.07) is 11.8. The van der Waals surface area contributed by atoms with Gasteiger partial charge in [0.25, 0.3) is 5.89 Å². The van der Waals surface area contributed by atoms with Crippen molar-refractivity contribution in [1.82, 2.24) is 15.1 Å². The molecule has 0 radical (unpaired) electrons. The highest BCUT2D eigenvalue weighted by molar-refractivity contribution is 5.80. The molecule has 2 heterocycles. The fourth-order valence-corrected chi connectivity index (χ4v) is 1.91. The molecule has 5 nitrogen and oxygen atoms in total. The van der Waals surface area contributed by atoms with Crippen LogP contribution in [-0.2, 0) is 6.42 Å². The summed E-state index contributed by atoms with van der Waals surface area (Å²) in [5.41, 5.74) is 7.30. The smallest absolute Gasteiger partial charge is 0.276 e. The van der Waals surface area contributed by atoms with Gasteiger partial charge in [-0.15, -0.1) is 0 Å². The lowest BCUT2D eigenvalue weighted by Gasteiger charge is -1.98. The van der Waals surface area contributed by atoms with Crippen LogP contribution in [0, 0.1) is 0 Å². The molecule has 19 heavy (non-hydrogen) atoms. The van der Waals surface area contributed by atoms with Crippen LogP contribution in [0.15, 0.2) is 40.9 Å². The molecule has 0 aliphatic rings. The maximum absolute atomic E-state index is 5.71. The van der Waals surface area contributed by atoms with Crippen LogP contribution in [0.3, 0.4) is 0 Å². The van der Waals surface area contributed by atoms with E-state index in [1.165, 1.54) is 0 Å². The first-order chi connectivity index (χ1) is 9.22. The van der Waals surface area contributed by atoms with Crippen molar-refractivity contribution < 1.29 is 4.52 Å². The molecule has 0 amide bonds. The summed E-state index contributed by atoms with van der Waals surface area (Å²) >= 11 is 0. The average molecular weight is 254 g/mol. The number of benzene rings is 1. The molecule has 1 atom stereocenters. The summed E-state index contributed by atoms with van der Waals surface area (Å²) in [6.45, 7) is 1.91. The zero-order valence-corrected chi connectivity index (χ0v) is 10.6. The number of nitrogens with two attached hydrogens (primary N) is 1. The minimum absolute atomic E-state index is 0.00927. The van der Waals surface area contributed by atoms with Crippen molar-refractivity contribution in [2.75, 3.05) is 0 Å². The molecule has 1 aromatic carbocycles. The minimum Gasteiger partial charge on any atom is -0.332 e. The van der Waals surface area contributed by atoms with Crippen LogP contribution in [0.2, 0.25) is 0 Å². The zero-order valence-electron chi connectivity index (χ0n) is 10.6. The van der Waals surface area contributed by atoms with Crippen molar-refractivity contribution in [3.8, 4) is 11.6 Å². The molecule has 0 fully saturated rings. The fraction of sp³-hybridized carbons (Fsp3) is 0.214. The molecule has 2 aromatic heterocycles. The molecule has 0 saturated carbocycles. The van der Waals surface area contributed by atoms with E-state index in [-0.39, 0.29) is 6.04 Å². The maximum Gasteiger partial charge on any atom is 0.276 e. The first kappa shape index (κ1) is 11.8. The topological polar surface area (TPSA) is 77.8 Å². The van der Waals surface area contributed by atoms with Crippen molar-refractivity contribution in [3.05, 3.63) is 42.2 Å². The predicted molar refractivity (Wildman–Crippen MR) is 72.4 cm³/mol. The third kappa shape index (κ3) is 2.46. The molecule has 3 aromatic rings. The molecule has 2 N–H and O–H groups in total. The Kier molecular flexibility index (Phi) is 2.97. The predicted octanol–water partition coefficient (Wildman–Crippen LogP) is 2.17. The van der Waals surface area contributed by atoms with Crippen LogP contribution < -0.4 is 5.73 Å². The summed E-state index contributed by atoms with van der Waals surface area (Å²) in [7, 11) is 0. The third-order valence-electron chi connectivity index (χ3n) is 2.79. The Hall–Kier alpha value is -2.27. The minimum atomic E-state index is 0.00927. The first-order valence-electron chi connectivity index (χ1n) is 6.17. The lowest BCUT2D eigenvalue weighted by molar-refractivity contribution is 0.419. The van der Waals surface area contributed by atoms with Gasteiger partial charge in [-0.1, -0.05) is 29.4 Å². The van der Waals surface area contributed by atoms with Gasteiger partial charge < -0.3 is 10.3 Å². The molecule has 0 bridgehead atoms. The number of para-hydroxylation sites is 1. The van der Waals surface area contributed by atoms with Crippen molar-refractivity contribution >= 4 is 10.9 Å². The number of aromatic nitrogens is 3. The van der Waals surface area contributed by atoms with E-state index in [0.29, 0.717) is 23.8 Å². The molecule has 0 aliphatic heterocycles. The fourth-order valence-electron chi connectivity index (χ4n) is 1.91. The van der Waals surface area contributed by atoms with Gasteiger partial charge in [-0.2, -0.15) is 4.98 Å². The van der Waals surface area contributed by atoms with E-state index in [9.17, 15) is 0 Å². The van der Waals surface area contributed by atoms with Crippen LogP contribution in [-0.4, -0.2) is 21.2 Å². The summed E-state index contributed by atoms with van der Waals surface area (Å²) in [5, 5.41) is 4.99. The lowest BCUT2D eigenvalue weighted by atomic mass is 10.2.